The Labute approximate surface area is 231 Å². The third-order valence-corrected chi connectivity index (χ3v) is 7.78. The first-order chi connectivity index (χ1) is 18.8. The number of benzene rings is 3. The summed E-state index contributed by atoms with van der Waals surface area (Å²) in [6.07, 6.45) is 1.85. The predicted octanol–water partition coefficient (Wildman–Crippen LogP) is 4.26. The van der Waals surface area contributed by atoms with Gasteiger partial charge in [-0.15, -0.1) is 0 Å². The SMILES string of the molecule is COc1ccc(/C=c2/sc3n(c2=O)[C@H](c2ccc(N(C)C)cc2)C(C(=O)Nc2ccccc2C)=C(C)N=3)cc1. The molecular formula is C31H30N4O3S. The molecule has 4 aromatic rings. The molecule has 0 fully saturated rings. The number of thiazole rings is 1. The highest BCUT2D eigenvalue weighted by Gasteiger charge is 2.32. The summed E-state index contributed by atoms with van der Waals surface area (Å²) in [5, 5.41) is 3.05. The van der Waals surface area contributed by atoms with Crippen molar-refractivity contribution in [1.82, 2.24) is 4.57 Å². The minimum Gasteiger partial charge on any atom is -0.497 e. The van der Waals surface area contributed by atoms with E-state index in [0.29, 0.717) is 20.6 Å². The topological polar surface area (TPSA) is 75.9 Å². The molecule has 198 valence electrons. The molecule has 1 aromatic heterocycles. The van der Waals surface area contributed by atoms with Gasteiger partial charge in [0.25, 0.3) is 11.5 Å². The number of hydrogen-bond acceptors (Lipinski definition) is 6. The fraction of sp³-hybridized carbons (Fsp3) is 0.194. The van der Waals surface area contributed by atoms with Gasteiger partial charge in [-0.3, -0.25) is 14.2 Å². The summed E-state index contributed by atoms with van der Waals surface area (Å²) in [6.45, 7) is 3.77. The van der Waals surface area contributed by atoms with Crippen LogP contribution in [0.5, 0.6) is 5.75 Å². The molecule has 0 saturated carbocycles. The lowest BCUT2D eigenvalue weighted by Crippen LogP contribution is -2.40. The molecule has 0 bridgehead atoms. The predicted molar refractivity (Wildman–Crippen MR) is 157 cm³/mol. The van der Waals surface area contributed by atoms with E-state index in [-0.39, 0.29) is 11.5 Å². The second-order valence-corrected chi connectivity index (χ2v) is 10.6. The van der Waals surface area contributed by atoms with Crippen LogP contribution in [-0.2, 0) is 4.79 Å². The van der Waals surface area contributed by atoms with E-state index < -0.39 is 6.04 Å². The van der Waals surface area contributed by atoms with Crippen LogP contribution in [0.4, 0.5) is 11.4 Å². The van der Waals surface area contributed by atoms with E-state index in [1.165, 1.54) is 11.3 Å². The van der Waals surface area contributed by atoms with Gasteiger partial charge in [0, 0.05) is 25.5 Å². The van der Waals surface area contributed by atoms with Crippen molar-refractivity contribution in [1.29, 1.82) is 0 Å². The van der Waals surface area contributed by atoms with Gasteiger partial charge >= 0.3 is 0 Å². The van der Waals surface area contributed by atoms with Gasteiger partial charge in [-0.1, -0.05) is 53.8 Å². The quantitative estimate of drug-likeness (QED) is 0.398. The van der Waals surface area contributed by atoms with E-state index in [4.69, 9.17) is 9.73 Å². The van der Waals surface area contributed by atoms with E-state index in [2.05, 4.69) is 5.32 Å². The van der Waals surface area contributed by atoms with Gasteiger partial charge in [-0.25, -0.2) is 4.99 Å². The van der Waals surface area contributed by atoms with Crippen LogP contribution in [0.15, 0.2) is 93.9 Å². The molecule has 1 N–H and O–H groups in total. The van der Waals surface area contributed by atoms with Gasteiger partial charge in [0.05, 0.1) is 29.0 Å². The number of nitrogens with one attached hydrogen (secondary N) is 1. The Morgan fingerprint density at radius 2 is 1.72 bits per heavy atom. The van der Waals surface area contributed by atoms with Crippen LogP contribution in [0.3, 0.4) is 0 Å². The van der Waals surface area contributed by atoms with E-state index >= 15 is 0 Å². The highest BCUT2D eigenvalue weighted by molar-refractivity contribution is 7.07. The van der Waals surface area contributed by atoms with Crippen LogP contribution in [-0.4, -0.2) is 31.7 Å². The summed E-state index contributed by atoms with van der Waals surface area (Å²) < 4.78 is 7.44. The number of allylic oxidation sites excluding steroid dienone is 1. The molecule has 0 unspecified atom stereocenters. The van der Waals surface area contributed by atoms with Gasteiger partial charge in [-0.2, -0.15) is 0 Å². The highest BCUT2D eigenvalue weighted by atomic mass is 32.1. The Morgan fingerprint density at radius 3 is 2.36 bits per heavy atom. The molecule has 1 atom stereocenters. The number of rotatable bonds is 6. The molecule has 0 saturated heterocycles. The third-order valence-electron chi connectivity index (χ3n) is 6.80. The number of para-hydroxylation sites is 1. The molecule has 0 aliphatic carbocycles. The monoisotopic (exact) mass is 538 g/mol. The molecule has 0 spiro atoms. The summed E-state index contributed by atoms with van der Waals surface area (Å²) in [7, 11) is 5.57. The van der Waals surface area contributed by atoms with Crippen molar-refractivity contribution in [3.05, 3.63) is 120 Å². The molecule has 1 aliphatic rings. The summed E-state index contributed by atoms with van der Waals surface area (Å²) in [5.74, 6) is 0.464. The maximum Gasteiger partial charge on any atom is 0.271 e. The smallest absolute Gasteiger partial charge is 0.271 e. The maximum atomic E-state index is 13.9. The molecule has 3 aromatic carbocycles. The van der Waals surface area contributed by atoms with Crippen LogP contribution >= 0.6 is 11.3 Å². The second-order valence-electron chi connectivity index (χ2n) is 9.61. The number of nitrogens with zero attached hydrogens (tertiary/aromatic N) is 3. The fourth-order valence-electron chi connectivity index (χ4n) is 4.64. The van der Waals surface area contributed by atoms with Gasteiger partial charge in [0.15, 0.2) is 4.80 Å². The van der Waals surface area contributed by atoms with E-state index in [1.54, 1.807) is 11.7 Å². The molecular weight excluding hydrogens is 508 g/mol. The van der Waals surface area contributed by atoms with Crippen molar-refractivity contribution in [2.24, 2.45) is 4.99 Å². The number of methoxy groups -OCH3 is 1. The van der Waals surface area contributed by atoms with Crippen molar-refractivity contribution in [3.8, 4) is 5.75 Å². The zero-order valence-electron chi connectivity index (χ0n) is 22.6. The zero-order chi connectivity index (χ0) is 27.7. The zero-order valence-corrected chi connectivity index (χ0v) is 23.4. The number of hydrogen-bond donors (Lipinski definition) is 1. The molecule has 39 heavy (non-hydrogen) atoms. The standard InChI is InChI=1S/C31H30N4O3S/c1-19-8-6-7-9-25(19)33-29(36)27-20(2)32-31-35(28(27)22-12-14-23(15-13-22)34(3)4)30(37)26(39-31)18-21-10-16-24(38-5)17-11-21/h6-18,28H,1-5H3,(H,33,36)/b26-18+/t28-/m1/s1. The van der Waals surface area contributed by atoms with Crippen LogP contribution in [0.1, 0.15) is 29.7 Å². The average Bonchev–Trinajstić information content (AvgIpc) is 3.23. The molecule has 5 rings (SSSR count). The Hall–Kier alpha value is -4.43. The summed E-state index contributed by atoms with van der Waals surface area (Å²) in [6, 6.07) is 22.5. The number of amides is 1. The third kappa shape index (κ3) is 5.15. The number of ether oxygens (including phenoxy) is 1. The van der Waals surface area contributed by atoms with Crippen LogP contribution in [0.25, 0.3) is 6.08 Å². The molecule has 8 heteroatoms. The Morgan fingerprint density at radius 1 is 1.03 bits per heavy atom. The van der Waals surface area contributed by atoms with Crippen LogP contribution in [0, 0.1) is 6.92 Å². The van der Waals surface area contributed by atoms with Gasteiger partial charge in [-0.05, 0) is 66.9 Å². The maximum absolute atomic E-state index is 13.9. The lowest BCUT2D eigenvalue weighted by Gasteiger charge is -2.26. The molecule has 7 nitrogen and oxygen atoms in total. The van der Waals surface area contributed by atoms with Crippen molar-refractivity contribution in [2.75, 3.05) is 31.4 Å². The van der Waals surface area contributed by atoms with Crippen molar-refractivity contribution in [3.63, 3.8) is 0 Å². The summed E-state index contributed by atoms with van der Waals surface area (Å²) in [5.41, 5.74) is 5.25. The number of fused-ring (bicyclic) bond motifs is 1. The Balaban J connectivity index is 1.65. The molecule has 1 aliphatic heterocycles. The molecule has 0 radical (unpaired) electrons. The Kier molecular flexibility index (Phi) is 7.21. The number of aryl methyl sites for hydroxylation is 1. The normalized spacial score (nSPS) is 15.0. The number of carbonyl (C=O) groups is 1. The van der Waals surface area contributed by atoms with Gasteiger partial charge < -0.3 is 15.0 Å². The first-order valence-corrected chi connectivity index (χ1v) is 13.4. The first kappa shape index (κ1) is 26.2. The number of carbonyl (C=O) groups excluding carboxylic acids is 1. The first-order valence-electron chi connectivity index (χ1n) is 12.6. The van der Waals surface area contributed by atoms with Crippen molar-refractivity contribution < 1.29 is 9.53 Å². The fourth-order valence-corrected chi connectivity index (χ4v) is 5.68. The number of aromatic nitrogens is 1. The largest absolute Gasteiger partial charge is 0.497 e. The minimum absolute atomic E-state index is 0.190. The summed E-state index contributed by atoms with van der Waals surface area (Å²) >= 11 is 1.32. The van der Waals surface area contributed by atoms with Crippen molar-refractivity contribution in [2.45, 2.75) is 19.9 Å². The van der Waals surface area contributed by atoms with Gasteiger partial charge in [0.1, 0.15) is 5.75 Å². The lowest BCUT2D eigenvalue weighted by atomic mass is 9.94. The van der Waals surface area contributed by atoms with Crippen LogP contribution < -0.4 is 29.8 Å². The summed E-state index contributed by atoms with van der Waals surface area (Å²) in [4.78, 5) is 35.0. The Bertz CT molecular complexity index is 1750. The van der Waals surface area contributed by atoms with Crippen molar-refractivity contribution >= 4 is 34.7 Å². The van der Waals surface area contributed by atoms with E-state index in [9.17, 15) is 9.59 Å². The van der Waals surface area contributed by atoms with E-state index in [1.807, 2.05) is 112 Å². The van der Waals surface area contributed by atoms with Crippen LogP contribution in [0.2, 0.25) is 0 Å². The highest BCUT2D eigenvalue weighted by Crippen LogP contribution is 2.32. The second kappa shape index (κ2) is 10.7. The average molecular weight is 539 g/mol. The van der Waals surface area contributed by atoms with Gasteiger partial charge in [0.2, 0.25) is 0 Å². The number of anilines is 2. The van der Waals surface area contributed by atoms with E-state index in [0.717, 1.165) is 33.8 Å². The minimum atomic E-state index is -0.625. The molecule has 2 heterocycles. The molecule has 1 amide bonds. The lowest BCUT2D eigenvalue weighted by molar-refractivity contribution is -0.113.